The zero-order valence-electron chi connectivity index (χ0n) is 19.0. The lowest BCUT2D eigenvalue weighted by Gasteiger charge is -2.34. The smallest absolute Gasteiger partial charge is 0.324 e. The Balaban J connectivity index is 1.40. The molecule has 11 heteroatoms. The molecule has 7 nitrogen and oxygen atoms in total. The molecule has 0 radical (unpaired) electrons. The summed E-state index contributed by atoms with van der Waals surface area (Å²) < 4.78 is 53.8. The van der Waals surface area contributed by atoms with Gasteiger partial charge in [-0.2, -0.15) is 0 Å². The predicted molar refractivity (Wildman–Crippen MR) is 128 cm³/mol. The average molecular weight is 506 g/mol. The third-order valence-corrected chi connectivity index (χ3v) is 7.85. The maximum atomic E-state index is 15.2. The lowest BCUT2D eigenvalue weighted by Crippen LogP contribution is -2.48. The van der Waals surface area contributed by atoms with Gasteiger partial charge >= 0.3 is 6.03 Å². The monoisotopic (exact) mass is 505 g/mol. The zero-order chi connectivity index (χ0) is 24.5. The average Bonchev–Trinajstić information content (AvgIpc) is 3.53. The summed E-state index contributed by atoms with van der Waals surface area (Å²) >= 11 is 0. The number of urea groups is 1. The van der Waals surface area contributed by atoms with Gasteiger partial charge in [0.2, 0.25) is 12.1 Å². The number of hydrogen-bond donors (Lipinski definition) is 2. The number of nitrogens with one attached hydrogen (secondary N) is 2. The number of rotatable bonds is 5. The van der Waals surface area contributed by atoms with Gasteiger partial charge in [0.1, 0.15) is 5.82 Å². The summed E-state index contributed by atoms with van der Waals surface area (Å²) in [4.78, 5) is 16.9. The van der Waals surface area contributed by atoms with E-state index in [9.17, 15) is 13.6 Å². The van der Waals surface area contributed by atoms with Gasteiger partial charge in [0.05, 0.1) is 6.54 Å². The van der Waals surface area contributed by atoms with E-state index in [1.807, 2.05) is 18.2 Å². The molecule has 5 rings (SSSR count). The van der Waals surface area contributed by atoms with Crippen LogP contribution in [0, 0.1) is 10.6 Å². The van der Waals surface area contributed by atoms with Crippen LogP contribution >= 0.6 is 0 Å². The lowest BCUT2D eigenvalue weighted by atomic mass is 10.1. The summed E-state index contributed by atoms with van der Waals surface area (Å²) in [6, 6.07) is 10.0. The topological polar surface area (TPSA) is 81.0 Å². The highest BCUT2D eigenvalue weighted by Gasteiger charge is 2.30. The first kappa shape index (κ1) is 23.7. The number of carbonyl (C=O) groups is 1. The van der Waals surface area contributed by atoms with Crippen molar-refractivity contribution < 1.29 is 22.7 Å². The minimum absolute atomic E-state index is 0.0120. The van der Waals surface area contributed by atoms with E-state index < -0.39 is 29.2 Å². The van der Waals surface area contributed by atoms with Gasteiger partial charge in [0.25, 0.3) is 6.43 Å². The summed E-state index contributed by atoms with van der Waals surface area (Å²) in [7, 11) is -0.434. The Bertz CT molecular complexity index is 1180. The molecular weight excluding hydrogens is 479 g/mol. The number of nitrogens with zero attached hydrogens (tertiary/aromatic N) is 3. The van der Waals surface area contributed by atoms with Crippen LogP contribution in [0.4, 0.5) is 23.7 Å². The van der Waals surface area contributed by atoms with Crippen LogP contribution in [0.15, 0.2) is 41.5 Å². The number of carbonyl (C=O) groups excluding carboxylic acids is 1. The van der Waals surface area contributed by atoms with Crippen LogP contribution in [-0.4, -0.2) is 54.1 Å². The van der Waals surface area contributed by atoms with Crippen molar-refractivity contribution >= 4 is 28.3 Å². The molecule has 0 spiro atoms. The van der Waals surface area contributed by atoms with Crippen molar-refractivity contribution in [1.82, 2.24) is 10.3 Å². The second kappa shape index (κ2) is 9.88. The first-order valence-electron chi connectivity index (χ1n) is 11.5. The van der Waals surface area contributed by atoms with Crippen molar-refractivity contribution in [3.8, 4) is 0 Å². The molecule has 3 aliphatic rings. The van der Waals surface area contributed by atoms with Crippen LogP contribution in [-0.2, 0) is 34.8 Å². The fraction of sp³-hybridized carbons (Fsp3) is 0.417. The normalized spacial score (nSPS) is 19.8. The van der Waals surface area contributed by atoms with E-state index in [1.54, 1.807) is 15.9 Å². The van der Waals surface area contributed by atoms with Crippen molar-refractivity contribution in [2.75, 3.05) is 29.5 Å². The van der Waals surface area contributed by atoms with Gasteiger partial charge in [-0.1, -0.05) is 12.1 Å². The molecule has 186 valence electrons. The first-order valence-corrected chi connectivity index (χ1v) is 13.1. The summed E-state index contributed by atoms with van der Waals surface area (Å²) in [5.74, 6) is 0.594. The third-order valence-electron chi connectivity index (χ3n) is 6.50. The molecular formula is C24H26F3N5O2S. The van der Waals surface area contributed by atoms with Crippen LogP contribution in [0.3, 0.4) is 0 Å². The molecule has 0 bridgehead atoms. The highest BCUT2D eigenvalue weighted by Crippen LogP contribution is 2.29. The summed E-state index contributed by atoms with van der Waals surface area (Å²) in [5.41, 5.74) is 5.91. The van der Waals surface area contributed by atoms with Gasteiger partial charge in [-0.25, -0.2) is 18.0 Å². The molecule has 2 aliphatic heterocycles. The number of alkyl halides is 2. The number of anilines is 1. The first-order chi connectivity index (χ1) is 16.9. The van der Waals surface area contributed by atoms with Gasteiger partial charge in [-0.05, 0) is 54.7 Å². The zero-order valence-corrected chi connectivity index (χ0v) is 19.8. The van der Waals surface area contributed by atoms with Crippen molar-refractivity contribution in [3.63, 3.8) is 0 Å². The van der Waals surface area contributed by atoms with Crippen LogP contribution in [0.2, 0.25) is 0 Å². The van der Waals surface area contributed by atoms with Crippen LogP contribution in [0.25, 0.3) is 0 Å². The van der Waals surface area contributed by atoms with Crippen LogP contribution in [0.5, 0.6) is 0 Å². The van der Waals surface area contributed by atoms with E-state index in [-0.39, 0.29) is 29.6 Å². The second-order valence-electron chi connectivity index (χ2n) is 8.79. The van der Waals surface area contributed by atoms with E-state index in [2.05, 4.69) is 10.5 Å². The summed E-state index contributed by atoms with van der Waals surface area (Å²) in [6.07, 6.45) is -1.28. The molecule has 2 aromatic rings. The van der Waals surface area contributed by atoms with Gasteiger partial charge < -0.3 is 9.64 Å². The van der Waals surface area contributed by atoms with E-state index in [1.165, 1.54) is 23.3 Å². The standard InChI is InChI=1S/C24H26F3N5O2S/c25-20-13-17(22-29-30-23(34-22)21(26)27)4-5-18(20)14-32(24(33)31-8-10-35(28)11-9-31)19-7-6-15-2-1-3-16(15)12-19/h4-7,12-13,21,23,28,30H,1-3,8-11,14H2. The molecule has 1 atom stereocenters. The van der Waals surface area contributed by atoms with E-state index >= 15 is 4.39 Å². The number of halogens is 3. The third kappa shape index (κ3) is 5.00. The molecule has 1 aliphatic carbocycles. The maximum Gasteiger partial charge on any atom is 0.324 e. The Morgan fingerprint density at radius 3 is 2.69 bits per heavy atom. The molecule has 1 unspecified atom stereocenters. The molecule has 0 saturated carbocycles. The molecule has 2 amide bonds. The number of amides is 2. The summed E-state index contributed by atoms with van der Waals surface area (Å²) in [6.45, 7) is 1.02. The number of aryl methyl sites for hydroxylation is 2. The fourth-order valence-electron chi connectivity index (χ4n) is 4.53. The molecule has 2 aromatic carbocycles. The molecule has 0 aromatic heterocycles. The second-order valence-corrected chi connectivity index (χ2v) is 10.6. The fourth-order valence-corrected chi connectivity index (χ4v) is 5.61. The van der Waals surface area contributed by atoms with Crippen molar-refractivity contribution in [2.24, 2.45) is 5.10 Å². The van der Waals surface area contributed by atoms with Gasteiger partial charge in [0, 0.05) is 41.4 Å². The largest absolute Gasteiger partial charge is 0.445 e. The van der Waals surface area contributed by atoms with Gasteiger partial charge in [-0.15, -0.1) is 15.8 Å². The van der Waals surface area contributed by atoms with E-state index in [0.29, 0.717) is 30.3 Å². The van der Waals surface area contributed by atoms with Crippen LogP contribution < -0.4 is 10.3 Å². The number of hydrazone groups is 1. The van der Waals surface area contributed by atoms with Gasteiger partial charge in [-0.3, -0.25) is 15.1 Å². The number of ether oxygens (including phenoxy) is 1. The molecule has 1 fully saturated rings. The van der Waals surface area contributed by atoms with E-state index in [4.69, 9.17) is 9.52 Å². The number of fused-ring (bicyclic) bond motifs is 1. The van der Waals surface area contributed by atoms with Crippen molar-refractivity contribution in [2.45, 2.75) is 38.5 Å². The Morgan fingerprint density at radius 2 is 1.97 bits per heavy atom. The minimum Gasteiger partial charge on any atom is -0.445 e. The lowest BCUT2D eigenvalue weighted by molar-refractivity contribution is 0.000583. The summed E-state index contributed by atoms with van der Waals surface area (Å²) in [5, 5.41) is 3.73. The Kier molecular flexibility index (Phi) is 6.68. The van der Waals surface area contributed by atoms with Crippen molar-refractivity contribution in [3.05, 3.63) is 64.5 Å². The van der Waals surface area contributed by atoms with E-state index in [0.717, 1.165) is 19.3 Å². The number of benzene rings is 2. The predicted octanol–water partition coefficient (Wildman–Crippen LogP) is 4.01. The Hall–Kier alpha value is -3.08. The SMILES string of the molecule is N=S1CCN(C(=O)N(Cc2ccc(C3=NNC(C(F)F)O3)cc2F)c2ccc3c(c2)CCC3)CC1. The molecule has 35 heavy (non-hydrogen) atoms. The highest BCUT2D eigenvalue weighted by atomic mass is 32.2. The molecule has 2 N–H and O–H groups in total. The quantitative estimate of drug-likeness (QED) is 0.645. The van der Waals surface area contributed by atoms with Gasteiger partial charge in [0.15, 0.2) is 0 Å². The molecule has 2 heterocycles. The highest BCUT2D eigenvalue weighted by molar-refractivity contribution is 7.86. The Labute approximate surface area is 203 Å². The number of hydrogen-bond acceptors (Lipinski definition) is 5. The maximum absolute atomic E-state index is 15.2. The molecule has 1 saturated heterocycles. The van der Waals surface area contributed by atoms with Crippen LogP contribution in [0.1, 0.15) is 28.7 Å². The Morgan fingerprint density at radius 1 is 1.20 bits per heavy atom. The minimum atomic E-state index is -2.77. The van der Waals surface area contributed by atoms with Crippen molar-refractivity contribution in [1.29, 1.82) is 4.78 Å².